The quantitative estimate of drug-likeness (QED) is 0.887. The number of amides is 2. The van der Waals surface area contributed by atoms with E-state index in [-0.39, 0.29) is 17.9 Å². The van der Waals surface area contributed by atoms with Crippen LogP contribution in [0.2, 0.25) is 0 Å². The largest absolute Gasteiger partial charge is 0.350 e. The summed E-state index contributed by atoms with van der Waals surface area (Å²) < 4.78 is 0. The van der Waals surface area contributed by atoms with E-state index in [1.807, 2.05) is 13.8 Å². The molecule has 0 spiro atoms. The van der Waals surface area contributed by atoms with E-state index in [1.165, 1.54) is 11.3 Å². The first-order chi connectivity index (χ1) is 10.5. The Bertz CT molecular complexity index is 666. The summed E-state index contributed by atoms with van der Waals surface area (Å²) in [6.07, 6.45) is 0.876. The molecule has 0 saturated carbocycles. The molecule has 0 bridgehead atoms. The van der Waals surface area contributed by atoms with Crippen molar-refractivity contribution in [1.82, 2.24) is 15.5 Å². The van der Waals surface area contributed by atoms with Crippen LogP contribution < -0.4 is 10.6 Å². The van der Waals surface area contributed by atoms with Gasteiger partial charge in [0.15, 0.2) is 0 Å². The summed E-state index contributed by atoms with van der Waals surface area (Å²) in [6.45, 7) is 5.76. The zero-order chi connectivity index (χ0) is 16.1. The van der Waals surface area contributed by atoms with E-state index in [0.29, 0.717) is 16.3 Å². The third-order valence-electron chi connectivity index (χ3n) is 3.12. The molecule has 1 heterocycles. The molecular weight excluding hydrogens is 300 g/mol. The van der Waals surface area contributed by atoms with Gasteiger partial charge in [0, 0.05) is 17.3 Å². The molecular formula is C15H18N4O2S. The Morgan fingerprint density at radius 2 is 1.86 bits per heavy atom. The zero-order valence-electron chi connectivity index (χ0n) is 12.7. The van der Waals surface area contributed by atoms with Crippen molar-refractivity contribution in [2.24, 2.45) is 0 Å². The number of rotatable bonds is 5. The number of carbonyl (C=O) groups excluding carboxylic acids is 2. The molecule has 0 unspecified atom stereocenters. The van der Waals surface area contributed by atoms with E-state index in [4.69, 9.17) is 0 Å². The first-order valence-electron chi connectivity index (χ1n) is 7.02. The number of nitrogens with one attached hydrogen (secondary N) is 2. The Morgan fingerprint density at radius 1 is 1.18 bits per heavy atom. The summed E-state index contributed by atoms with van der Waals surface area (Å²) in [6, 6.07) is 6.87. The van der Waals surface area contributed by atoms with Crippen LogP contribution in [-0.4, -0.2) is 28.1 Å². The molecule has 116 valence electrons. The maximum absolute atomic E-state index is 12.0. The highest BCUT2D eigenvalue weighted by molar-refractivity contribution is 7.13. The fourth-order valence-electron chi connectivity index (χ4n) is 1.69. The first kappa shape index (κ1) is 16.1. The third-order valence-corrected chi connectivity index (χ3v) is 3.95. The van der Waals surface area contributed by atoms with E-state index in [0.717, 1.165) is 11.4 Å². The summed E-state index contributed by atoms with van der Waals surface area (Å²) in [5.41, 5.74) is 1.17. The van der Waals surface area contributed by atoms with Crippen LogP contribution in [0.5, 0.6) is 0 Å². The van der Waals surface area contributed by atoms with E-state index in [1.54, 1.807) is 31.2 Å². The number of anilines is 1. The van der Waals surface area contributed by atoms with E-state index >= 15 is 0 Å². The Kier molecular flexibility index (Phi) is 5.21. The number of nitrogens with zero attached hydrogens (tertiary/aromatic N) is 2. The Labute approximate surface area is 133 Å². The number of carbonyl (C=O) groups is 2. The van der Waals surface area contributed by atoms with Gasteiger partial charge in [-0.1, -0.05) is 18.3 Å². The van der Waals surface area contributed by atoms with Crippen molar-refractivity contribution in [1.29, 1.82) is 0 Å². The Hall–Kier alpha value is -2.28. The lowest BCUT2D eigenvalue weighted by Gasteiger charge is -2.11. The average molecular weight is 318 g/mol. The minimum Gasteiger partial charge on any atom is -0.350 e. The molecule has 0 aliphatic rings. The molecule has 0 radical (unpaired) electrons. The van der Waals surface area contributed by atoms with Crippen molar-refractivity contribution >= 4 is 28.8 Å². The first-order valence-corrected chi connectivity index (χ1v) is 7.83. The van der Waals surface area contributed by atoms with Gasteiger partial charge in [0.05, 0.1) is 0 Å². The van der Waals surface area contributed by atoms with Crippen LogP contribution in [0, 0.1) is 6.92 Å². The fourth-order valence-corrected chi connectivity index (χ4v) is 2.27. The van der Waals surface area contributed by atoms with Crippen molar-refractivity contribution < 1.29 is 9.59 Å². The van der Waals surface area contributed by atoms with Crippen LogP contribution in [0.15, 0.2) is 24.3 Å². The summed E-state index contributed by atoms with van der Waals surface area (Å²) in [7, 11) is 0. The van der Waals surface area contributed by atoms with Gasteiger partial charge < -0.3 is 10.6 Å². The van der Waals surface area contributed by atoms with Crippen LogP contribution in [0.1, 0.15) is 45.4 Å². The van der Waals surface area contributed by atoms with Crippen LogP contribution in [0.25, 0.3) is 0 Å². The van der Waals surface area contributed by atoms with E-state index in [2.05, 4.69) is 20.8 Å². The molecule has 2 rings (SSSR count). The van der Waals surface area contributed by atoms with Gasteiger partial charge in [-0.2, -0.15) is 0 Å². The molecule has 1 aromatic heterocycles. The van der Waals surface area contributed by atoms with Gasteiger partial charge >= 0.3 is 0 Å². The van der Waals surface area contributed by atoms with Crippen molar-refractivity contribution in [3.63, 3.8) is 0 Å². The van der Waals surface area contributed by atoms with Crippen LogP contribution in [0.3, 0.4) is 0 Å². The molecule has 2 aromatic rings. The van der Waals surface area contributed by atoms with Crippen molar-refractivity contribution in [2.75, 3.05) is 5.32 Å². The second-order valence-electron chi connectivity index (χ2n) is 4.94. The van der Waals surface area contributed by atoms with Gasteiger partial charge in [0.25, 0.3) is 11.8 Å². The zero-order valence-corrected chi connectivity index (χ0v) is 13.5. The number of hydrogen-bond donors (Lipinski definition) is 2. The second kappa shape index (κ2) is 7.13. The maximum atomic E-state index is 12.0. The minimum absolute atomic E-state index is 0.119. The van der Waals surface area contributed by atoms with Gasteiger partial charge in [-0.3, -0.25) is 9.59 Å². The molecule has 1 atom stereocenters. The Morgan fingerprint density at radius 3 is 2.41 bits per heavy atom. The fraction of sp³-hybridized carbons (Fsp3) is 0.333. The van der Waals surface area contributed by atoms with Crippen LogP contribution in [0.4, 0.5) is 5.69 Å². The number of aryl methyl sites for hydroxylation is 1. The summed E-state index contributed by atoms with van der Waals surface area (Å²) in [4.78, 5) is 23.9. The maximum Gasteiger partial charge on any atom is 0.286 e. The Balaban J connectivity index is 2.00. The lowest BCUT2D eigenvalue weighted by Crippen LogP contribution is -2.31. The molecule has 0 saturated heterocycles. The molecule has 0 aliphatic carbocycles. The lowest BCUT2D eigenvalue weighted by molar-refractivity contribution is 0.0938. The van der Waals surface area contributed by atoms with E-state index in [9.17, 15) is 9.59 Å². The molecule has 1 aromatic carbocycles. The van der Waals surface area contributed by atoms with Gasteiger partial charge in [-0.05, 0) is 44.5 Å². The molecule has 6 nitrogen and oxygen atoms in total. The predicted octanol–water partition coefficient (Wildman–Crippen LogP) is 2.63. The normalized spacial score (nSPS) is 11.8. The number of aromatic nitrogens is 2. The summed E-state index contributed by atoms with van der Waals surface area (Å²) in [5, 5.41) is 14.3. The third kappa shape index (κ3) is 4.11. The minimum atomic E-state index is -0.303. The van der Waals surface area contributed by atoms with Gasteiger partial charge in [0.1, 0.15) is 5.01 Å². The highest BCUT2D eigenvalue weighted by Gasteiger charge is 2.12. The van der Waals surface area contributed by atoms with Crippen molar-refractivity contribution in [2.45, 2.75) is 33.2 Å². The smallest absolute Gasteiger partial charge is 0.286 e. The standard InChI is InChI=1S/C15H18N4O2S/c1-4-9(2)16-13(20)11-5-7-12(8-6-11)17-14(21)15-19-18-10(3)22-15/h5-9H,4H2,1-3H3,(H,16,20)(H,17,21)/t9-/m0/s1. The van der Waals surface area contributed by atoms with Gasteiger partial charge in [-0.15, -0.1) is 10.2 Å². The van der Waals surface area contributed by atoms with Crippen LogP contribution in [-0.2, 0) is 0 Å². The topological polar surface area (TPSA) is 84.0 Å². The molecule has 2 N–H and O–H groups in total. The van der Waals surface area contributed by atoms with Crippen LogP contribution >= 0.6 is 11.3 Å². The molecule has 22 heavy (non-hydrogen) atoms. The highest BCUT2D eigenvalue weighted by Crippen LogP contribution is 2.14. The summed E-state index contributed by atoms with van der Waals surface area (Å²) in [5.74, 6) is -0.422. The average Bonchev–Trinajstić information content (AvgIpc) is 2.94. The number of benzene rings is 1. The lowest BCUT2D eigenvalue weighted by atomic mass is 10.1. The number of hydrogen-bond acceptors (Lipinski definition) is 5. The molecule has 2 amide bonds. The molecule has 0 aliphatic heterocycles. The summed E-state index contributed by atoms with van der Waals surface area (Å²) >= 11 is 1.23. The highest BCUT2D eigenvalue weighted by atomic mass is 32.1. The molecule has 0 fully saturated rings. The molecule has 7 heteroatoms. The SMILES string of the molecule is CC[C@H](C)NC(=O)c1ccc(NC(=O)c2nnc(C)s2)cc1. The van der Waals surface area contributed by atoms with Crippen molar-refractivity contribution in [3.05, 3.63) is 39.8 Å². The van der Waals surface area contributed by atoms with Gasteiger partial charge in [0.2, 0.25) is 5.01 Å². The van der Waals surface area contributed by atoms with E-state index < -0.39 is 0 Å². The monoisotopic (exact) mass is 318 g/mol. The second-order valence-corrected chi connectivity index (χ2v) is 6.12. The predicted molar refractivity (Wildman–Crippen MR) is 86.3 cm³/mol. The van der Waals surface area contributed by atoms with Crippen molar-refractivity contribution in [3.8, 4) is 0 Å². The van der Waals surface area contributed by atoms with Gasteiger partial charge in [-0.25, -0.2) is 0 Å².